The van der Waals surface area contributed by atoms with Crippen LogP contribution in [0.3, 0.4) is 0 Å². The molecule has 0 amide bonds. The Morgan fingerprint density at radius 1 is 0.800 bits per heavy atom. The highest BCUT2D eigenvalue weighted by atomic mass is 32.2. The Kier molecular flexibility index (Phi) is 6.99. The van der Waals surface area contributed by atoms with Crippen molar-refractivity contribution in [3.63, 3.8) is 0 Å². The van der Waals surface area contributed by atoms with Crippen LogP contribution in [0.25, 0.3) is 17.1 Å². The molecule has 7 nitrogen and oxygen atoms in total. The zero-order valence-electron chi connectivity index (χ0n) is 19.8. The summed E-state index contributed by atoms with van der Waals surface area (Å²) in [7, 11) is 0. The molecule has 176 valence electrons. The second-order valence-electron chi connectivity index (χ2n) is 8.06. The van der Waals surface area contributed by atoms with Crippen molar-refractivity contribution < 1.29 is 4.42 Å². The molecule has 0 atom stereocenters. The highest BCUT2D eigenvalue weighted by molar-refractivity contribution is 7.98. The zero-order valence-corrected chi connectivity index (χ0v) is 20.6. The number of thioether (sulfide) groups is 1. The fraction of sp³-hybridized carbons (Fsp3) is 0.222. The second-order valence-corrected chi connectivity index (χ2v) is 9.00. The second kappa shape index (κ2) is 10.7. The van der Waals surface area contributed by atoms with Gasteiger partial charge < -0.3 is 4.42 Å². The Morgan fingerprint density at radius 3 is 2.29 bits per heavy atom. The lowest BCUT2D eigenvalue weighted by molar-refractivity contribution is 0.474. The summed E-state index contributed by atoms with van der Waals surface area (Å²) in [6.07, 6.45) is 6.02. The van der Waals surface area contributed by atoms with Gasteiger partial charge in [-0.2, -0.15) is 0 Å². The van der Waals surface area contributed by atoms with Crippen molar-refractivity contribution in [1.29, 1.82) is 0 Å². The van der Waals surface area contributed by atoms with E-state index in [-0.39, 0.29) is 0 Å². The van der Waals surface area contributed by atoms with Crippen molar-refractivity contribution in [2.75, 3.05) is 0 Å². The fourth-order valence-corrected chi connectivity index (χ4v) is 4.84. The monoisotopic (exact) mass is 482 g/mol. The Hall–Kier alpha value is -3.78. The molecule has 0 unspecified atom stereocenters. The van der Waals surface area contributed by atoms with Gasteiger partial charge in [-0.15, -0.1) is 20.4 Å². The predicted octanol–water partition coefficient (Wildman–Crippen LogP) is 5.72. The van der Waals surface area contributed by atoms with Gasteiger partial charge in [0.25, 0.3) is 0 Å². The van der Waals surface area contributed by atoms with Crippen LogP contribution in [0.4, 0.5) is 0 Å². The first-order valence-corrected chi connectivity index (χ1v) is 12.7. The van der Waals surface area contributed by atoms with E-state index < -0.39 is 0 Å². The standard InChI is InChI=1S/C27H26N6OS/c1-3-20-12-8-13-21(4-2)25(20)33-26(22-14-9-15-28-17-22)31-32-27(33)35-18-24-30-29-23(34-24)16-19-10-6-5-7-11-19/h5-15,17H,3-4,16,18H2,1-2H3. The molecular formula is C27H26N6OS. The molecule has 3 heterocycles. The number of aryl methyl sites for hydroxylation is 2. The van der Waals surface area contributed by atoms with Gasteiger partial charge in [0.2, 0.25) is 11.8 Å². The van der Waals surface area contributed by atoms with E-state index in [1.165, 1.54) is 11.1 Å². The van der Waals surface area contributed by atoms with Crippen molar-refractivity contribution in [2.24, 2.45) is 0 Å². The van der Waals surface area contributed by atoms with Gasteiger partial charge >= 0.3 is 0 Å². The molecule has 0 fully saturated rings. The first-order valence-electron chi connectivity index (χ1n) is 11.7. The van der Waals surface area contributed by atoms with Crippen LogP contribution in [0, 0.1) is 0 Å². The van der Waals surface area contributed by atoms with E-state index in [0.717, 1.165) is 40.6 Å². The predicted molar refractivity (Wildman–Crippen MR) is 136 cm³/mol. The van der Waals surface area contributed by atoms with Crippen LogP contribution in [-0.2, 0) is 25.0 Å². The molecule has 0 saturated carbocycles. The van der Waals surface area contributed by atoms with Crippen molar-refractivity contribution in [2.45, 2.75) is 44.0 Å². The van der Waals surface area contributed by atoms with Gasteiger partial charge in [-0.05, 0) is 41.7 Å². The van der Waals surface area contributed by atoms with Gasteiger partial charge in [0.05, 0.1) is 17.9 Å². The third-order valence-corrected chi connectivity index (χ3v) is 6.69. The Labute approximate surface area is 208 Å². The quantitative estimate of drug-likeness (QED) is 0.248. The van der Waals surface area contributed by atoms with Crippen LogP contribution >= 0.6 is 11.8 Å². The summed E-state index contributed by atoms with van der Waals surface area (Å²) in [4.78, 5) is 4.30. The molecule has 0 saturated heterocycles. The Morgan fingerprint density at radius 2 is 1.57 bits per heavy atom. The fourth-order valence-electron chi connectivity index (χ4n) is 4.06. The number of nitrogens with zero attached hydrogens (tertiary/aromatic N) is 6. The van der Waals surface area contributed by atoms with E-state index in [2.05, 4.69) is 74.1 Å². The molecule has 0 aliphatic carbocycles. The normalized spacial score (nSPS) is 11.1. The number of aromatic nitrogens is 6. The van der Waals surface area contributed by atoms with Gasteiger partial charge in [0.1, 0.15) is 0 Å². The van der Waals surface area contributed by atoms with Gasteiger partial charge in [-0.1, -0.05) is 74.1 Å². The summed E-state index contributed by atoms with van der Waals surface area (Å²) in [6, 6.07) is 20.5. The van der Waals surface area contributed by atoms with Crippen LogP contribution < -0.4 is 0 Å². The van der Waals surface area contributed by atoms with Gasteiger partial charge in [0.15, 0.2) is 11.0 Å². The highest BCUT2D eigenvalue weighted by Crippen LogP contribution is 2.33. The maximum absolute atomic E-state index is 5.93. The van der Waals surface area contributed by atoms with E-state index in [4.69, 9.17) is 4.42 Å². The molecule has 0 bridgehead atoms. The molecule has 5 rings (SSSR count). The first kappa shape index (κ1) is 23.0. The lowest BCUT2D eigenvalue weighted by atomic mass is 10.0. The van der Waals surface area contributed by atoms with E-state index in [1.54, 1.807) is 18.0 Å². The molecule has 5 aromatic rings. The van der Waals surface area contributed by atoms with E-state index in [0.29, 0.717) is 24.0 Å². The largest absolute Gasteiger partial charge is 0.424 e. The molecule has 0 radical (unpaired) electrons. The third-order valence-electron chi connectivity index (χ3n) is 5.77. The van der Waals surface area contributed by atoms with Crippen LogP contribution in [0.5, 0.6) is 0 Å². The maximum Gasteiger partial charge on any atom is 0.226 e. The summed E-state index contributed by atoms with van der Waals surface area (Å²) in [5, 5.41) is 18.4. The summed E-state index contributed by atoms with van der Waals surface area (Å²) in [6.45, 7) is 4.35. The topological polar surface area (TPSA) is 82.5 Å². The van der Waals surface area contributed by atoms with Crippen molar-refractivity contribution in [1.82, 2.24) is 29.9 Å². The summed E-state index contributed by atoms with van der Waals surface area (Å²) in [5.74, 6) is 2.45. The lowest BCUT2D eigenvalue weighted by Crippen LogP contribution is -2.07. The average Bonchev–Trinajstić information content (AvgIpc) is 3.54. The third kappa shape index (κ3) is 5.02. The van der Waals surface area contributed by atoms with Gasteiger partial charge in [0, 0.05) is 18.0 Å². The van der Waals surface area contributed by atoms with Crippen LogP contribution in [0.2, 0.25) is 0 Å². The molecule has 8 heteroatoms. The van der Waals surface area contributed by atoms with Gasteiger partial charge in [-0.25, -0.2) is 0 Å². The number of hydrogen-bond donors (Lipinski definition) is 0. The minimum absolute atomic E-state index is 0.503. The van der Waals surface area contributed by atoms with Crippen molar-refractivity contribution >= 4 is 11.8 Å². The number of benzene rings is 2. The molecule has 0 aliphatic heterocycles. The Bertz CT molecular complexity index is 1380. The summed E-state index contributed by atoms with van der Waals surface area (Å²) in [5.41, 5.74) is 5.69. The minimum atomic E-state index is 0.503. The van der Waals surface area contributed by atoms with Crippen LogP contribution in [-0.4, -0.2) is 29.9 Å². The lowest BCUT2D eigenvalue weighted by Gasteiger charge is -2.17. The van der Waals surface area contributed by atoms with Gasteiger partial charge in [-0.3, -0.25) is 9.55 Å². The van der Waals surface area contributed by atoms with E-state index >= 15 is 0 Å². The average molecular weight is 483 g/mol. The minimum Gasteiger partial charge on any atom is -0.424 e. The summed E-state index contributed by atoms with van der Waals surface area (Å²) >= 11 is 1.54. The number of rotatable bonds is 9. The Balaban J connectivity index is 1.47. The van der Waals surface area contributed by atoms with E-state index in [9.17, 15) is 0 Å². The number of para-hydroxylation sites is 1. The highest BCUT2D eigenvalue weighted by Gasteiger charge is 2.21. The molecule has 2 aromatic carbocycles. The van der Waals surface area contributed by atoms with Crippen LogP contribution in [0.15, 0.2) is 82.6 Å². The zero-order chi connectivity index (χ0) is 24.0. The van der Waals surface area contributed by atoms with E-state index in [1.807, 2.05) is 36.5 Å². The number of pyridine rings is 1. The molecule has 35 heavy (non-hydrogen) atoms. The summed E-state index contributed by atoms with van der Waals surface area (Å²) < 4.78 is 8.08. The molecule has 0 N–H and O–H groups in total. The van der Waals surface area contributed by atoms with Crippen LogP contribution in [0.1, 0.15) is 42.3 Å². The van der Waals surface area contributed by atoms with Crippen molar-refractivity contribution in [3.8, 4) is 17.1 Å². The molecule has 3 aromatic heterocycles. The first-order chi connectivity index (χ1) is 17.3. The number of hydrogen-bond acceptors (Lipinski definition) is 7. The molecule has 0 spiro atoms. The van der Waals surface area contributed by atoms with Crippen molar-refractivity contribution in [3.05, 3.63) is 102 Å². The maximum atomic E-state index is 5.93. The molecule has 0 aliphatic rings. The smallest absolute Gasteiger partial charge is 0.226 e. The SMILES string of the molecule is CCc1cccc(CC)c1-n1c(SCc2nnc(Cc3ccccc3)o2)nnc1-c1cccnc1. The molecular weight excluding hydrogens is 456 g/mol.